The third kappa shape index (κ3) is 2.57. The van der Waals surface area contributed by atoms with Gasteiger partial charge in [0.25, 0.3) is 0 Å². The molecular weight excluding hydrogens is 136 g/mol. The number of allylic oxidation sites excluding steroid dienone is 2. The number of aliphatic hydroxyl groups excluding tert-OH is 1. The van der Waals surface area contributed by atoms with Crippen LogP contribution in [0.1, 0.15) is 46.5 Å². The van der Waals surface area contributed by atoms with Gasteiger partial charge in [-0.3, -0.25) is 0 Å². The topological polar surface area (TPSA) is 20.2 Å². The van der Waals surface area contributed by atoms with Crippen molar-refractivity contribution in [2.75, 3.05) is 0 Å². The molecule has 0 aromatic rings. The minimum atomic E-state index is 0.229. The van der Waals surface area contributed by atoms with Crippen molar-refractivity contribution in [3.8, 4) is 0 Å². The van der Waals surface area contributed by atoms with Crippen LogP contribution in [0.15, 0.2) is 11.3 Å². The van der Waals surface area contributed by atoms with E-state index in [0.29, 0.717) is 5.76 Å². The monoisotopic (exact) mass is 154 g/mol. The number of rotatable bonds is 1. The summed E-state index contributed by atoms with van der Waals surface area (Å²) in [5.74, 6) is 0.656. The predicted molar refractivity (Wildman–Crippen MR) is 47.6 cm³/mol. The first-order valence-corrected chi connectivity index (χ1v) is 4.39. The van der Waals surface area contributed by atoms with E-state index in [2.05, 4.69) is 20.8 Å². The van der Waals surface area contributed by atoms with E-state index < -0.39 is 0 Å². The van der Waals surface area contributed by atoms with Crippen LogP contribution in [0.3, 0.4) is 0 Å². The Hall–Kier alpha value is -0.460. The van der Waals surface area contributed by atoms with Gasteiger partial charge in [0, 0.05) is 6.42 Å². The smallest absolute Gasteiger partial charge is 0.0919 e. The molecule has 1 saturated carbocycles. The molecule has 1 rings (SSSR count). The van der Waals surface area contributed by atoms with Gasteiger partial charge in [0.1, 0.15) is 0 Å². The second kappa shape index (κ2) is 2.88. The molecule has 1 fully saturated rings. The summed E-state index contributed by atoms with van der Waals surface area (Å²) in [7, 11) is 0. The Kier molecular flexibility index (Phi) is 2.26. The van der Waals surface area contributed by atoms with E-state index in [1.807, 2.05) is 0 Å². The van der Waals surface area contributed by atoms with Crippen LogP contribution in [0, 0.1) is 5.41 Å². The summed E-state index contributed by atoms with van der Waals surface area (Å²) in [6, 6.07) is 0. The average Bonchev–Trinajstić information content (AvgIpc) is 1.50. The first-order chi connectivity index (χ1) is 4.99. The number of hydrogen-bond acceptors (Lipinski definition) is 1. The average molecular weight is 154 g/mol. The molecule has 0 unspecified atom stereocenters. The van der Waals surface area contributed by atoms with Crippen molar-refractivity contribution in [1.82, 2.24) is 0 Å². The molecule has 1 N–H and O–H groups in total. The zero-order valence-corrected chi connectivity index (χ0v) is 7.78. The predicted octanol–water partition coefficient (Wildman–Crippen LogP) is 3.42. The van der Waals surface area contributed by atoms with Crippen molar-refractivity contribution in [3.05, 3.63) is 11.3 Å². The molecule has 0 spiro atoms. The fourth-order valence-corrected chi connectivity index (χ4v) is 1.27. The Morgan fingerprint density at radius 1 is 1.36 bits per heavy atom. The van der Waals surface area contributed by atoms with E-state index in [-0.39, 0.29) is 5.41 Å². The molecule has 0 aromatic carbocycles. The zero-order valence-electron chi connectivity index (χ0n) is 7.78. The highest BCUT2D eigenvalue weighted by molar-refractivity contribution is 5.14. The first-order valence-electron chi connectivity index (χ1n) is 4.39. The van der Waals surface area contributed by atoms with Gasteiger partial charge in [0.2, 0.25) is 0 Å². The largest absolute Gasteiger partial charge is 0.512 e. The molecule has 1 nitrogen and oxygen atoms in total. The second-order valence-electron chi connectivity index (χ2n) is 4.64. The van der Waals surface area contributed by atoms with Crippen molar-refractivity contribution in [2.45, 2.75) is 46.5 Å². The van der Waals surface area contributed by atoms with Crippen LogP contribution >= 0.6 is 0 Å². The third-order valence-corrected chi connectivity index (χ3v) is 2.06. The Bertz CT molecular complexity index is 166. The molecule has 0 bridgehead atoms. The third-order valence-electron chi connectivity index (χ3n) is 2.06. The van der Waals surface area contributed by atoms with Crippen LogP contribution in [0.5, 0.6) is 0 Å². The zero-order chi connectivity index (χ0) is 8.48. The number of hydrogen-bond donors (Lipinski definition) is 1. The molecule has 0 aliphatic heterocycles. The SMILES string of the molecule is CC(C)(C)CC(O)=C1CCC1. The summed E-state index contributed by atoms with van der Waals surface area (Å²) in [6.07, 6.45) is 4.36. The van der Waals surface area contributed by atoms with E-state index in [1.165, 1.54) is 12.0 Å². The van der Waals surface area contributed by atoms with Crippen LogP contribution in [0.25, 0.3) is 0 Å². The van der Waals surface area contributed by atoms with Gasteiger partial charge in [-0.15, -0.1) is 0 Å². The molecular formula is C10H18O. The molecule has 0 amide bonds. The molecule has 0 heterocycles. The summed E-state index contributed by atoms with van der Waals surface area (Å²) in [4.78, 5) is 0. The molecule has 1 aliphatic rings. The van der Waals surface area contributed by atoms with E-state index in [9.17, 15) is 5.11 Å². The Morgan fingerprint density at radius 2 is 1.91 bits per heavy atom. The summed E-state index contributed by atoms with van der Waals surface area (Å²) < 4.78 is 0. The van der Waals surface area contributed by atoms with Gasteiger partial charge in [0.15, 0.2) is 0 Å². The lowest BCUT2D eigenvalue weighted by atomic mass is 9.84. The first kappa shape index (κ1) is 8.63. The van der Waals surface area contributed by atoms with Gasteiger partial charge in [-0.2, -0.15) is 0 Å². The van der Waals surface area contributed by atoms with Crippen molar-refractivity contribution in [2.24, 2.45) is 5.41 Å². The van der Waals surface area contributed by atoms with Gasteiger partial charge >= 0.3 is 0 Å². The van der Waals surface area contributed by atoms with E-state index in [0.717, 1.165) is 19.3 Å². The molecule has 1 aliphatic carbocycles. The quantitative estimate of drug-likeness (QED) is 0.574. The van der Waals surface area contributed by atoms with E-state index in [4.69, 9.17) is 0 Å². The van der Waals surface area contributed by atoms with Crippen molar-refractivity contribution >= 4 is 0 Å². The van der Waals surface area contributed by atoms with Crippen LogP contribution in [-0.2, 0) is 0 Å². The van der Waals surface area contributed by atoms with Crippen molar-refractivity contribution in [3.63, 3.8) is 0 Å². The van der Waals surface area contributed by atoms with E-state index in [1.54, 1.807) is 0 Å². The standard InChI is InChI=1S/C10H18O/c1-10(2,3)7-9(11)8-5-4-6-8/h11H,4-7H2,1-3H3. The lowest BCUT2D eigenvalue weighted by molar-refractivity contribution is 0.291. The molecule has 64 valence electrons. The van der Waals surface area contributed by atoms with Gasteiger partial charge in [0.05, 0.1) is 5.76 Å². The lowest BCUT2D eigenvalue weighted by Crippen LogP contribution is -2.10. The highest BCUT2D eigenvalue weighted by Gasteiger charge is 2.19. The highest BCUT2D eigenvalue weighted by Crippen LogP contribution is 2.32. The van der Waals surface area contributed by atoms with Crippen LogP contribution in [0.2, 0.25) is 0 Å². The summed E-state index contributed by atoms with van der Waals surface area (Å²) in [5.41, 5.74) is 1.52. The minimum Gasteiger partial charge on any atom is -0.512 e. The highest BCUT2D eigenvalue weighted by atomic mass is 16.3. The minimum absolute atomic E-state index is 0.229. The Labute approximate surface area is 69.1 Å². The fraction of sp³-hybridized carbons (Fsp3) is 0.800. The Balaban J connectivity index is 2.48. The van der Waals surface area contributed by atoms with Crippen LogP contribution in [0.4, 0.5) is 0 Å². The molecule has 0 radical (unpaired) electrons. The van der Waals surface area contributed by atoms with Crippen molar-refractivity contribution < 1.29 is 5.11 Å². The normalized spacial score (nSPS) is 17.9. The van der Waals surface area contributed by atoms with Crippen LogP contribution in [-0.4, -0.2) is 5.11 Å². The maximum absolute atomic E-state index is 9.58. The molecule has 0 saturated heterocycles. The van der Waals surface area contributed by atoms with Gasteiger partial charge < -0.3 is 5.11 Å². The van der Waals surface area contributed by atoms with Gasteiger partial charge in [-0.1, -0.05) is 20.8 Å². The lowest BCUT2D eigenvalue weighted by Gasteiger charge is -2.23. The Morgan fingerprint density at radius 3 is 2.18 bits per heavy atom. The molecule has 0 aromatic heterocycles. The molecule has 11 heavy (non-hydrogen) atoms. The summed E-state index contributed by atoms with van der Waals surface area (Å²) in [6.45, 7) is 6.47. The maximum atomic E-state index is 9.58. The number of aliphatic hydroxyl groups is 1. The second-order valence-corrected chi connectivity index (χ2v) is 4.64. The summed E-state index contributed by atoms with van der Waals surface area (Å²) in [5, 5.41) is 9.58. The van der Waals surface area contributed by atoms with Gasteiger partial charge in [-0.25, -0.2) is 0 Å². The van der Waals surface area contributed by atoms with Gasteiger partial charge in [-0.05, 0) is 30.3 Å². The fourth-order valence-electron chi connectivity index (χ4n) is 1.27. The maximum Gasteiger partial charge on any atom is 0.0919 e. The summed E-state index contributed by atoms with van der Waals surface area (Å²) >= 11 is 0. The molecule has 1 heteroatoms. The van der Waals surface area contributed by atoms with Crippen molar-refractivity contribution in [1.29, 1.82) is 0 Å². The molecule has 0 atom stereocenters. The van der Waals surface area contributed by atoms with Crippen LogP contribution < -0.4 is 0 Å². The van der Waals surface area contributed by atoms with E-state index >= 15 is 0 Å².